The Balaban J connectivity index is 1.24. The maximum Gasteiger partial charge on any atom is 0.323 e. The molecule has 8 heteroatoms. The largest absolute Gasteiger partial charge is 0.489 e. The number of hydrogen-bond donors (Lipinski definition) is 1. The maximum atomic E-state index is 14.0. The molecule has 0 saturated heterocycles. The van der Waals surface area contributed by atoms with Gasteiger partial charge in [0.15, 0.2) is 5.43 Å². The summed E-state index contributed by atoms with van der Waals surface area (Å²) in [6.07, 6.45) is -0.408. The molecule has 8 nitrogen and oxygen atoms in total. The predicted octanol–water partition coefficient (Wildman–Crippen LogP) is 7.69. The monoisotopic (exact) mass is 681 g/mol. The van der Waals surface area contributed by atoms with Crippen LogP contribution in [0, 0.1) is 0 Å². The first-order valence-electron chi connectivity index (χ1n) is 17.0. The quantitative estimate of drug-likeness (QED) is 0.110. The van der Waals surface area contributed by atoms with Crippen molar-refractivity contribution >= 4 is 22.9 Å². The van der Waals surface area contributed by atoms with Gasteiger partial charge in [0.1, 0.15) is 53.8 Å². The SMILES string of the molecule is CCC(NCC(COc1cccc2oc(-c3ccccc3)cc(=O)c12)OC(=O)C(c1ccccc1)c1ccccc1)C(=O)OCc1ccccc1. The fourth-order valence-corrected chi connectivity index (χ4v) is 5.85. The van der Waals surface area contributed by atoms with E-state index in [4.69, 9.17) is 18.6 Å². The van der Waals surface area contributed by atoms with Gasteiger partial charge in [0.05, 0.1) is 0 Å². The van der Waals surface area contributed by atoms with Crippen LogP contribution < -0.4 is 15.5 Å². The molecule has 1 aromatic heterocycles. The molecule has 0 aliphatic heterocycles. The van der Waals surface area contributed by atoms with E-state index in [-0.39, 0.29) is 30.6 Å². The summed E-state index contributed by atoms with van der Waals surface area (Å²) in [6.45, 7) is 1.99. The van der Waals surface area contributed by atoms with Gasteiger partial charge in [0, 0.05) is 18.2 Å². The van der Waals surface area contributed by atoms with Gasteiger partial charge in [0.25, 0.3) is 0 Å². The molecule has 1 heterocycles. The topological polar surface area (TPSA) is 104 Å². The molecule has 0 fully saturated rings. The van der Waals surface area contributed by atoms with Crippen molar-refractivity contribution in [2.75, 3.05) is 13.2 Å². The number of nitrogens with one attached hydrogen (secondary N) is 1. The average Bonchev–Trinajstić information content (AvgIpc) is 3.17. The van der Waals surface area contributed by atoms with E-state index in [0.29, 0.717) is 23.5 Å². The minimum Gasteiger partial charge on any atom is -0.489 e. The fraction of sp³-hybridized carbons (Fsp3) is 0.186. The molecule has 6 rings (SSSR count). The average molecular weight is 682 g/mol. The molecule has 0 amide bonds. The van der Waals surface area contributed by atoms with Crippen LogP contribution in [0.15, 0.2) is 155 Å². The molecule has 2 atom stereocenters. The van der Waals surface area contributed by atoms with E-state index >= 15 is 0 Å². The molecule has 1 N–H and O–H groups in total. The number of carbonyl (C=O) groups is 2. The van der Waals surface area contributed by atoms with Crippen LogP contribution in [-0.4, -0.2) is 37.2 Å². The molecule has 0 aliphatic carbocycles. The zero-order valence-electron chi connectivity index (χ0n) is 28.3. The highest BCUT2D eigenvalue weighted by Crippen LogP contribution is 2.29. The summed E-state index contributed by atoms with van der Waals surface area (Å²) >= 11 is 0. The molecular weight excluding hydrogens is 642 g/mol. The van der Waals surface area contributed by atoms with Gasteiger partial charge >= 0.3 is 11.9 Å². The Kier molecular flexibility index (Phi) is 11.7. The Hall–Kier alpha value is -5.99. The minimum absolute atomic E-state index is 0.0819. The molecule has 258 valence electrons. The predicted molar refractivity (Wildman–Crippen MR) is 196 cm³/mol. The Morgan fingerprint density at radius 3 is 1.96 bits per heavy atom. The number of hydrogen-bond acceptors (Lipinski definition) is 8. The molecule has 5 aromatic carbocycles. The van der Waals surface area contributed by atoms with Crippen LogP contribution in [0.1, 0.15) is 36.0 Å². The molecule has 0 radical (unpaired) electrons. The van der Waals surface area contributed by atoms with E-state index < -0.39 is 30.0 Å². The number of rotatable bonds is 15. The Labute approximate surface area is 296 Å². The van der Waals surface area contributed by atoms with Gasteiger partial charge < -0.3 is 23.9 Å². The van der Waals surface area contributed by atoms with Crippen molar-refractivity contribution in [2.45, 2.75) is 38.0 Å². The number of carbonyl (C=O) groups excluding carboxylic acids is 2. The first kappa shape index (κ1) is 34.9. The van der Waals surface area contributed by atoms with Crippen LogP contribution in [0.25, 0.3) is 22.3 Å². The summed E-state index contributed by atoms with van der Waals surface area (Å²) in [5.74, 6) is -0.862. The van der Waals surface area contributed by atoms with Crippen LogP contribution >= 0.6 is 0 Å². The lowest BCUT2D eigenvalue weighted by molar-refractivity contribution is -0.151. The van der Waals surface area contributed by atoms with Crippen molar-refractivity contribution in [3.05, 3.63) is 173 Å². The second-order valence-electron chi connectivity index (χ2n) is 12.1. The lowest BCUT2D eigenvalue weighted by Gasteiger charge is -2.25. The van der Waals surface area contributed by atoms with Gasteiger partial charge in [-0.1, -0.05) is 134 Å². The minimum atomic E-state index is -0.853. The standard InChI is InChI=1S/C43H39NO7/c1-2-35(42(46)49-28-30-16-7-3-8-17-30)44-27-34(50-43(47)40(32-20-11-5-12-21-32)33-22-13-6-14-23-33)29-48-37-24-15-25-38-41(37)36(45)26-39(51-38)31-18-9-4-10-19-31/h3-26,34-35,40,44H,2,27-29H2,1H3. The molecule has 6 aromatic rings. The Bertz CT molecular complexity index is 2040. The van der Waals surface area contributed by atoms with Crippen LogP contribution in [0.2, 0.25) is 0 Å². The van der Waals surface area contributed by atoms with E-state index in [1.807, 2.05) is 128 Å². The number of ether oxygens (including phenoxy) is 3. The van der Waals surface area contributed by atoms with Gasteiger partial charge in [-0.15, -0.1) is 0 Å². The van der Waals surface area contributed by atoms with Crippen LogP contribution in [0.5, 0.6) is 5.75 Å². The van der Waals surface area contributed by atoms with E-state index in [2.05, 4.69) is 5.32 Å². The molecule has 0 aliphatic rings. The first-order chi connectivity index (χ1) is 25.0. The van der Waals surface area contributed by atoms with E-state index in [1.165, 1.54) is 6.07 Å². The van der Waals surface area contributed by atoms with Crippen molar-refractivity contribution < 1.29 is 28.2 Å². The van der Waals surface area contributed by atoms with E-state index in [0.717, 1.165) is 22.3 Å². The molecule has 0 saturated carbocycles. The molecule has 2 unspecified atom stereocenters. The zero-order valence-corrected chi connectivity index (χ0v) is 28.3. The third-order valence-electron chi connectivity index (χ3n) is 8.49. The smallest absolute Gasteiger partial charge is 0.323 e. The van der Waals surface area contributed by atoms with Crippen LogP contribution in [-0.2, 0) is 25.7 Å². The lowest BCUT2D eigenvalue weighted by Crippen LogP contribution is -2.44. The Morgan fingerprint density at radius 1 is 0.725 bits per heavy atom. The summed E-state index contributed by atoms with van der Waals surface area (Å²) in [5, 5.41) is 3.50. The molecule has 51 heavy (non-hydrogen) atoms. The van der Waals surface area contributed by atoms with Gasteiger partial charge in [-0.25, -0.2) is 0 Å². The Morgan fingerprint density at radius 2 is 1.33 bits per heavy atom. The van der Waals surface area contributed by atoms with Crippen LogP contribution in [0.4, 0.5) is 0 Å². The third kappa shape index (κ3) is 8.98. The summed E-state index contributed by atoms with van der Waals surface area (Å²) in [7, 11) is 0. The number of esters is 2. The second kappa shape index (κ2) is 17.1. The van der Waals surface area contributed by atoms with Crippen molar-refractivity contribution in [3.63, 3.8) is 0 Å². The molecular formula is C43H39NO7. The number of fused-ring (bicyclic) bond motifs is 1. The normalized spacial score (nSPS) is 12.3. The van der Waals surface area contributed by atoms with Crippen molar-refractivity contribution in [1.29, 1.82) is 0 Å². The lowest BCUT2D eigenvalue weighted by atomic mass is 9.91. The fourth-order valence-electron chi connectivity index (χ4n) is 5.85. The third-order valence-corrected chi connectivity index (χ3v) is 8.49. The highest BCUT2D eigenvalue weighted by molar-refractivity contribution is 5.85. The van der Waals surface area contributed by atoms with Crippen molar-refractivity contribution in [3.8, 4) is 17.1 Å². The van der Waals surface area contributed by atoms with Gasteiger partial charge in [0.2, 0.25) is 0 Å². The zero-order chi connectivity index (χ0) is 35.4. The van der Waals surface area contributed by atoms with Crippen molar-refractivity contribution in [2.24, 2.45) is 0 Å². The van der Waals surface area contributed by atoms with Gasteiger partial charge in [-0.2, -0.15) is 0 Å². The summed E-state index contributed by atoms with van der Waals surface area (Å²) in [6, 6.07) is 43.6. The first-order valence-corrected chi connectivity index (χ1v) is 17.0. The van der Waals surface area contributed by atoms with Crippen LogP contribution in [0.3, 0.4) is 0 Å². The van der Waals surface area contributed by atoms with Crippen molar-refractivity contribution in [1.82, 2.24) is 5.32 Å². The van der Waals surface area contributed by atoms with E-state index in [9.17, 15) is 14.4 Å². The van der Waals surface area contributed by atoms with Gasteiger partial charge in [-0.05, 0) is 35.2 Å². The maximum absolute atomic E-state index is 14.0. The summed E-state index contributed by atoms with van der Waals surface area (Å²) in [4.78, 5) is 40.6. The summed E-state index contributed by atoms with van der Waals surface area (Å²) < 4.78 is 24.1. The highest BCUT2D eigenvalue weighted by Gasteiger charge is 2.29. The summed E-state index contributed by atoms with van der Waals surface area (Å²) in [5.41, 5.74) is 3.31. The number of benzene rings is 5. The molecule has 0 spiro atoms. The van der Waals surface area contributed by atoms with Gasteiger partial charge in [-0.3, -0.25) is 14.4 Å². The second-order valence-corrected chi connectivity index (χ2v) is 12.1. The highest BCUT2D eigenvalue weighted by atomic mass is 16.6. The van der Waals surface area contributed by atoms with E-state index in [1.54, 1.807) is 18.2 Å². The molecule has 0 bridgehead atoms.